The van der Waals surface area contributed by atoms with Crippen molar-refractivity contribution < 1.29 is 14.3 Å². The highest BCUT2D eigenvalue weighted by molar-refractivity contribution is 9.11. The van der Waals surface area contributed by atoms with E-state index in [-0.39, 0.29) is 5.91 Å². The second kappa shape index (κ2) is 7.08. The monoisotopic (exact) mass is 407 g/mol. The molecule has 116 valence electrons. The van der Waals surface area contributed by atoms with Crippen LogP contribution in [0.5, 0.6) is 5.75 Å². The van der Waals surface area contributed by atoms with Crippen molar-refractivity contribution in [1.82, 2.24) is 0 Å². The Morgan fingerprint density at radius 2 is 1.78 bits per heavy atom. The molecule has 3 rings (SSSR count). The zero-order valence-electron chi connectivity index (χ0n) is 11.6. The van der Waals surface area contributed by atoms with E-state index in [1.807, 2.05) is 11.4 Å². The second-order valence-electron chi connectivity index (χ2n) is 4.45. The smallest absolute Gasteiger partial charge is 0.353 e. The number of thiophene rings is 2. The van der Waals surface area contributed by atoms with Crippen molar-refractivity contribution in [2.75, 3.05) is 5.32 Å². The summed E-state index contributed by atoms with van der Waals surface area (Å²) in [7, 11) is 0. The van der Waals surface area contributed by atoms with Crippen LogP contribution in [-0.4, -0.2) is 11.9 Å². The van der Waals surface area contributed by atoms with Gasteiger partial charge in [0, 0.05) is 5.69 Å². The predicted octanol–water partition coefficient (Wildman–Crippen LogP) is 5.04. The minimum atomic E-state index is -0.406. The second-order valence-corrected chi connectivity index (χ2v) is 7.86. The van der Waals surface area contributed by atoms with Crippen LogP contribution in [0, 0.1) is 0 Å². The molecule has 0 fully saturated rings. The van der Waals surface area contributed by atoms with Crippen LogP contribution in [0.25, 0.3) is 0 Å². The van der Waals surface area contributed by atoms with Crippen molar-refractivity contribution in [3.8, 4) is 5.75 Å². The number of nitrogens with one attached hydrogen (secondary N) is 1. The normalized spacial score (nSPS) is 10.3. The molecule has 0 unspecified atom stereocenters. The molecule has 1 amide bonds. The highest BCUT2D eigenvalue weighted by atomic mass is 79.9. The van der Waals surface area contributed by atoms with Gasteiger partial charge in [0.15, 0.2) is 0 Å². The SMILES string of the molecule is O=C(Nc1ccc(OC(=O)c2ccc(Br)s2)cc1)c1cccs1. The number of carbonyl (C=O) groups is 2. The fraction of sp³-hybridized carbons (Fsp3) is 0. The average molecular weight is 408 g/mol. The quantitative estimate of drug-likeness (QED) is 0.486. The zero-order valence-corrected chi connectivity index (χ0v) is 14.8. The molecule has 4 nitrogen and oxygen atoms in total. The number of rotatable bonds is 4. The third-order valence-corrected chi connectivity index (χ3v) is 5.31. The Hall–Kier alpha value is -1.96. The summed E-state index contributed by atoms with van der Waals surface area (Å²) in [5, 5.41) is 4.63. The van der Waals surface area contributed by atoms with Crippen LogP contribution in [0.15, 0.2) is 57.7 Å². The lowest BCUT2D eigenvalue weighted by Crippen LogP contribution is -2.10. The Balaban J connectivity index is 1.63. The molecule has 0 bridgehead atoms. The molecule has 0 saturated carbocycles. The van der Waals surface area contributed by atoms with Gasteiger partial charge in [0.25, 0.3) is 5.91 Å². The van der Waals surface area contributed by atoms with Crippen LogP contribution in [0.3, 0.4) is 0 Å². The van der Waals surface area contributed by atoms with Gasteiger partial charge < -0.3 is 10.1 Å². The highest BCUT2D eigenvalue weighted by Crippen LogP contribution is 2.24. The molecule has 0 aliphatic carbocycles. The van der Waals surface area contributed by atoms with E-state index in [1.54, 1.807) is 42.5 Å². The number of halogens is 1. The Morgan fingerprint density at radius 1 is 1.00 bits per heavy atom. The predicted molar refractivity (Wildman–Crippen MR) is 95.7 cm³/mol. The van der Waals surface area contributed by atoms with E-state index in [1.165, 1.54) is 22.7 Å². The van der Waals surface area contributed by atoms with Crippen LogP contribution in [-0.2, 0) is 0 Å². The summed E-state index contributed by atoms with van der Waals surface area (Å²) in [6, 6.07) is 13.8. The number of anilines is 1. The van der Waals surface area contributed by atoms with E-state index < -0.39 is 5.97 Å². The molecular formula is C16H10BrNO3S2. The maximum Gasteiger partial charge on any atom is 0.353 e. The largest absolute Gasteiger partial charge is 0.422 e. The molecule has 7 heteroatoms. The maximum atomic E-state index is 11.9. The van der Waals surface area contributed by atoms with Crippen molar-refractivity contribution >= 4 is 56.2 Å². The maximum absolute atomic E-state index is 11.9. The molecular weight excluding hydrogens is 398 g/mol. The molecule has 2 heterocycles. The summed E-state index contributed by atoms with van der Waals surface area (Å²) in [5.74, 6) is -0.141. The number of benzene rings is 1. The third-order valence-electron chi connectivity index (χ3n) is 2.84. The first kappa shape index (κ1) is 15.9. The topological polar surface area (TPSA) is 55.4 Å². The minimum absolute atomic E-state index is 0.159. The Morgan fingerprint density at radius 3 is 2.39 bits per heavy atom. The van der Waals surface area contributed by atoms with E-state index in [2.05, 4.69) is 21.2 Å². The lowest BCUT2D eigenvalue weighted by molar-refractivity contribution is 0.0739. The van der Waals surface area contributed by atoms with Gasteiger partial charge in [0.1, 0.15) is 10.6 Å². The van der Waals surface area contributed by atoms with Crippen LogP contribution >= 0.6 is 38.6 Å². The van der Waals surface area contributed by atoms with Gasteiger partial charge in [-0.15, -0.1) is 22.7 Å². The molecule has 0 aliphatic heterocycles. The first-order chi connectivity index (χ1) is 11.1. The first-order valence-corrected chi connectivity index (χ1v) is 9.03. The fourth-order valence-corrected chi connectivity index (χ4v) is 3.67. The summed E-state index contributed by atoms with van der Waals surface area (Å²) >= 11 is 5.99. The molecule has 0 saturated heterocycles. The third kappa shape index (κ3) is 4.07. The first-order valence-electron chi connectivity index (χ1n) is 6.54. The van der Waals surface area contributed by atoms with Crippen molar-refractivity contribution in [3.63, 3.8) is 0 Å². The van der Waals surface area contributed by atoms with Gasteiger partial charge in [0.05, 0.1) is 8.66 Å². The van der Waals surface area contributed by atoms with Gasteiger partial charge in [-0.3, -0.25) is 4.79 Å². The summed E-state index contributed by atoms with van der Waals surface area (Å²) in [6.07, 6.45) is 0. The van der Waals surface area contributed by atoms with Crippen LogP contribution < -0.4 is 10.1 Å². The van der Waals surface area contributed by atoms with E-state index in [0.29, 0.717) is 21.2 Å². The molecule has 1 N–H and O–H groups in total. The summed E-state index contributed by atoms with van der Waals surface area (Å²) in [5.41, 5.74) is 0.641. The molecule has 0 atom stereocenters. The highest BCUT2D eigenvalue weighted by Gasteiger charge is 2.11. The van der Waals surface area contributed by atoms with Gasteiger partial charge in [-0.1, -0.05) is 6.07 Å². The molecule has 1 aromatic carbocycles. The standard InChI is InChI=1S/C16H10BrNO3S2/c17-14-8-7-13(23-14)16(20)21-11-5-3-10(4-6-11)18-15(19)12-2-1-9-22-12/h1-9H,(H,18,19). The number of ether oxygens (including phenoxy) is 1. The number of carbonyl (C=O) groups excluding carboxylic acids is 2. The molecule has 0 aliphatic rings. The van der Waals surface area contributed by atoms with E-state index in [9.17, 15) is 9.59 Å². The van der Waals surface area contributed by atoms with E-state index >= 15 is 0 Å². The average Bonchev–Trinajstić information content (AvgIpc) is 3.20. The van der Waals surface area contributed by atoms with Crippen molar-refractivity contribution in [2.24, 2.45) is 0 Å². The van der Waals surface area contributed by atoms with Crippen molar-refractivity contribution in [1.29, 1.82) is 0 Å². The lowest BCUT2D eigenvalue weighted by Gasteiger charge is -2.06. The molecule has 0 spiro atoms. The summed E-state index contributed by atoms with van der Waals surface area (Å²) in [4.78, 5) is 25.0. The molecule has 23 heavy (non-hydrogen) atoms. The van der Waals surface area contributed by atoms with E-state index in [0.717, 1.165) is 3.79 Å². The number of esters is 1. The summed E-state index contributed by atoms with van der Waals surface area (Å²) < 4.78 is 6.16. The number of hydrogen-bond acceptors (Lipinski definition) is 5. The fourth-order valence-electron chi connectivity index (χ4n) is 1.79. The lowest BCUT2D eigenvalue weighted by atomic mass is 10.3. The molecule has 3 aromatic rings. The summed E-state index contributed by atoms with van der Waals surface area (Å²) in [6.45, 7) is 0. The number of hydrogen-bond donors (Lipinski definition) is 1. The van der Waals surface area contributed by atoms with Crippen LogP contribution in [0.1, 0.15) is 19.3 Å². The zero-order chi connectivity index (χ0) is 16.2. The van der Waals surface area contributed by atoms with Gasteiger partial charge in [-0.25, -0.2) is 4.79 Å². The van der Waals surface area contributed by atoms with Crippen molar-refractivity contribution in [3.05, 3.63) is 67.5 Å². The van der Waals surface area contributed by atoms with E-state index in [4.69, 9.17) is 4.74 Å². The van der Waals surface area contributed by atoms with Gasteiger partial charge >= 0.3 is 5.97 Å². The molecule has 0 radical (unpaired) electrons. The molecule has 2 aromatic heterocycles. The van der Waals surface area contributed by atoms with Crippen molar-refractivity contribution in [2.45, 2.75) is 0 Å². The van der Waals surface area contributed by atoms with Crippen LogP contribution in [0.4, 0.5) is 5.69 Å². The van der Waals surface area contributed by atoms with Gasteiger partial charge in [0.2, 0.25) is 0 Å². The Labute approximate surface area is 148 Å². The minimum Gasteiger partial charge on any atom is -0.422 e. The van der Waals surface area contributed by atoms with Crippen LogP contribution in [0.2, 0.25) is 0 Å². The Kier molecular flexibility index (Phi) is 4.90. The number of amides is 1. The van der Waals surface area contributed by atoms with Gasteiger partial charge in [-0.2, -0.15) is 0 Å². The van der Waals surface area contributed by atoms with Gasteiger partial charge in [-0.05, 0) is 63.8 Å². The Bertz CT molecular complexity index is 825.